The van der Waals surface area contributed by atoms with Crippen LogP contribution in [0.4, 0.5) is 5.69 Å². The lowest BCUT2D eigenvalue weighted by molar-refractivity contribution is 0.0329. The van der Waals surface area contributed by atoms with Crippen molar-refractivity contribution in [2.45, 2.75) is 13.8 Å². The molecule has 2 aliphatic rings. The average Bonchev–Trinajstić information content (AvgIpc) is 2.77. The van der Waals surface area contributed by atoms with E-state index >= 15 is 0 Å². The van der Waals surface area contributed by atoms with E-state index in [1.165, 1.54) is 13.7 Å². The summed E-state index contributed by atoms with van der Waals surface area (Å²) >= 11 is 3.53. The predicted octanol–water partition coefficient (Wildman–Crippen LogP) is 3.71. The van der Waals surface area contributed by atoms with E-state index in [1.54, 1.807) is 12.3 Å². The highest BCUT2D eigenvalue weighted by molar-refractivity contribution is 7.79. The van der Waals surface area contributed by atoms with Crippen LogP contribution in [0.15, 0.2) is 35.3 Å². The number of thiol groups is 1. The van der Waals surface area contributed by atoms with Gasteiger partial charge in [0.1, 0.15) is 5.71 Å². The molecule has 0 atom stereocenters. The summed E-state index contributed by atoms with van der Waals surface area (Å²) in [5.41, 5.74) is 2.76. The van der Waals surface area contributed by atoms with Crippen molar-refractivity contribution in [3.8, 4) is 0 Å². The lowest BCUT2D eigenvalue weighted by Gasteiger charge is -2.27. The smallest absolute Gasteiger partial charge is 0.241 e. The Balaban J connectivity index is 0.000000337. The van der Waals surface area contributed by atoms with Gasteiger partial charge in [0.25, 0.3) is 0 Å². The number of hydrogen-bond donors (Lipinski definition) is 3. The Morgan fingerprint density at radius 1 is 1.13 bits per heavy atom. The fourth-order valence-corrected chi connectivity index (χ4v) is 3.05. The highest BCUT2D eigenvalue weighted by Gasteiger charge is 2.19. The minimum atomic E-state index is 0.0103. The first-order valence-electron chi connectivity index (χ1n) is 10.4. The summed E-state index contributed by atoms with van der Waals surface area (Å²) in [4.78, 5) is 8.73. The van der Waals surface area contributed by atoms with E-state index in [4.69, 9.17) is 20.3 Å². The van der Waals surface area contributed by atoms with Gasteiger partial charge in [-0.1, -0.05) is 26.0 Å². The molecule has 1 aromatic carbocycles. The third kappa shape index (κ3) is 8.85. The Bertz CT molecular complexity index is 767. The Morgan fingerprint density at radius 3 is 2.19 bits per heavy atom. The summed E-state index contributed by atoms with van der Waals surface area (Å²) < 4.78 is 10.3. The van der Waals surface area contributed by atoms with Gasteiger partial charge in [0.2, 0.25) is 5.90 Å². The first-order valence-corrected chi connectivity index (χ1v) is 11.3. The van der Waals surface area contributed by atoms with E-state index in [1.807, 2.05) is 43.3 Å². The van der Waals surface area contributed by atoms with Crippen LogP contribution >= 0.6 is 12.6 Å². The van der Waals surface area contributed by atoms with Crippen molar-refractivity contribution in [2.24, 2.45) is 10.9 Å². The second-order valence-corrected chi connectivity index (χ2v) is 7.69. The number of hydrogen-bond acceptors (Lipinski definition) is 8. The molecule has 0 radical (unpaired) electrons. The van der Waals surface area contributed by atoms with Crippen LogP contribution < -0.4 is 4.90 Å². The second-order valence-electron chi connectivity index (χ2n) is 7.69. The Labute approximate surface area is 192 Å². The van der Waals surface area contributed by atoms with Crippen molar-refractivity contribution in [3.63, 3.8) is 0 Å². The van der Waals surface area contributed by atoms with Crippen LogP contribution in [-0.4, -0.2) is 82.5 Å². The molecule has 31 heavy (non-hydrogen) atoms. The first kappa shape index (κ1) is 26.9. The van der Waals surface area contributed by atoms with Crippen LogP contribution in [-0.2, 0) is 9.47 Å². The van der Waals surface area contributed by atoms with Gasteiger partial charge < -0.3 is 14.4 Å². The van der Waals surface area contributed by atoms with Crippen molar-refractivity contribution in [1.82, 2.24) is 4.90 Å². The van der Waals surface area contributed by atoms with Crippen molar-refractivity contribution >= 4 is 41.3 Å². The highest BCUT2D eigenvalue weighted by Crippen LogP contribution is 2.22. The van der Waals surface area contributed by atoms with Gasteiger partial charge in [0.05, 0.1) is 31.7 Å². The van der Waals surface area contributed by atoms with Crippen LogP contribution in [0.1, 0.15) is 19.4 Å². The van der Waals surface area contributed by atoms with E-state index in [-0.39, 0.29) is 17.3 Å². The van der Waals surface area contributed by atoms with E-state index in [0.29, 0.717) is 5.70 Å². The molecule has 2 N–H and O–H groups in total. The van der Waals surface area contributed by atoms with Crippen LogP contribution in [0.2, 0.25) is 0 Å². The summed E-state index contributed by atoms with van der Waals surface area (Å²) in [5.74, 6) is 0.970. The molecule has 1 saturated heterocycles. The number of aliphatic imine (C=N–C) groups is 1. The molecule has 0 aliphatic carbocycles. The summed E-state index contributed by atoms with van der Waals surface area (Å²) in [5, 5.41) is 15.4. The minimum Gasteiger partial charge on any atom is -0.479 e. The molecule has 8 heteroatoms. The van der Waals surface area contributed by atoms with Gasteiger partial charge in [-0.2, -0.15) is 12.6 Å². The zero-order valence-corrected chi connectivity index (χ0v) is 20.5. The van der Waals surface area contributed by atoms with Gasteiger partial charge in [-0.05, 0) is 30.4 Å². The largest absolute Gasteiger partial charge is 0.479 e. The summed E-state index contributed by atoms with van der Waals surface area (Å²) in [7, 11) is 5.42. The third-order valence-corrected chi connectivity index (χ3v) is 4.59. The number of benzene rings is 1. The zero-order valence-electron chi connectivity index (χ0n) is 19.6. The number of rotatable bonds is 4. The lowest BCUT2D eigenvalue weighted by atomic mass is 10.1. The van der Waals surface area contributed by atoms with Gasteiger partial charge in [-0.25, -0.2) is 4.99 Å². The molecule has 0 unspecified atom stereocenters. The lowest BCUT2D eigenvalue weighted by Crippen LogP contribution is -2.38. The SMILES string of the molecule is CC(C)CN1CCOCC1.COC1=NC(c2ccc(N(C)C)cc2)=CC(=N)C1=N.CS. The normalized spacial score (nSPS) is 16.4. The molecular formula is C23H37N5O2S. The Morgan fingerprint density at radius 2 is 1.71 bits per heavy atom. The van der Waals surface area contributed by atoms with Crippen LogP contribution in [0.5, 0.6) is 0 Å². The number of morpholine rings is 1. The molecule has 2 heterocycles. The number of nitrogens with one attached hydrogen (secondary N) is 2. The summed E-state index contributed by atoms with van der Waals surface area (Å²) in [6, 6.07) is 7.86. The average molecular weight is 448 g/mol. The molecule has 0 bridgehead atoms. The minimum absolute atomic E-state index is 0.0103. The zero-order chi connectivity index (χ0) is 23.4. The molecule has 0 spiro atoms. The molecular weight excluding hydrogens is 410 g/mol. The maximum Gasteiger partial charge on any atom is 0.241 e. The molecule has 3 rings (SSSR count). The fourth-order valence-electron chi connectivity index (χ4n) is 3.05. The van der Waals surface area contributed by atoms with Crippen molar-refractivity contribution < 1.29 is 9.47 Å². The van der Waals surface area contributed by atoms with Crippen molar-refractivity contribution in [2.75, 3.05) is 65.2 Å². The molecule has 0 aromatic heterocycles. The maximum absolute atomic E-state index is 7.75. The number of nitrogens with zero attached hydrogens (tertiary/aromatic N) is 3. The van der Waals surface area contributed by atoms with Gasteiger partial charge in [-0.15, -0.1) is 0 Å². The standard InChI is InChI=1S/C14H16N4O.C8H17NO.CH4S/c1-18(2)10-6-4-9(5-7-10)12-8-11(15)13(16)14(17-12)19-3;1-8(2)7-9-3-5-10-6-4-9;1-2/h4-8,15-16H,1-3H3;8H,3-7H2,1-2H3;2H,1H3. The van der Waals surface area contributed by atoms with Crippen LogP contribution in [0, 0.1) is 16.7 Å². The molecule has 2 aliphatic heterocycles. The topological polar surface area (TPSA) is 85.0 Å². The maximum atomic E-state index is 7.75. The quantitative estimate of drug-likeness (QED) is 0.614. The van der Waals surface area contributed by atoms with E-state index in [2.05, 4.69) is 36.4 Å². The van der Waals surface area contributed by atoms with E-state index in [9.17, 15) is 0 Å². The Hall–Kier alpha value is -2.16. The monoisotopic (exact) mass is 447 g/mol. The molecule has 1 aromatic rings. The molecule has 0 amide bonds. The first-order chi connectivity index (χ1) is 14.8. The predicted molar refractivity (Wildman–Crippen MR) is 136 cm³/mol. The molecule has 1 fully saturated rings. The fraction of sp³-hybridized carbons (Fsp3) is 0.522. The van der Waals surface area contributed by atoms with Crippen LogP contribution in [0.3, 0.4) is 0 Å². The van der Waals surface area contributed by atoms with E-state index < -0.39 is 0 Å². The second kappa shape index (κ2) is 14.0. The van der Waals surface area contributed by atoms with Crippen molar-refractivity contribution in [3.05, 3.63) is 35.9 Å². The van der Waals surface area contributed by atoms with Crippen LogP contribution in [0.25, 0.3) is 5.70 Å². The van der Waals surface area contributed by atoms with Gasteiger partial charge in [0, 0.05) is 45.0 Å². The highest BCUT2D eigenvalue weighted by atomic mass is 32.1. The van der Waals surface area contributed by atoms with Gasteiger partial charge in [-0.3, -0.25) is 15.7 Å². The number of ether oxygens (including phenoxy) is 2. The molecule has 172 valence electrons. The Kier molecular flexibility index (Phi) is 12.1. The van der Waals surface area contributed by atoms with Crippen molar-refractivity contribution in [1.29, 1.82) is 10.8 Å². The van der Waals surface area contributed by atoms with Gasteiger partial charge >= 0.3 is 0 Å². The van der Waals surface area contributed by atoms with E-state index in [0.717, 1.165) is 43.5 Å². The number of anilines is 1. The summed E-state index contributed by atoms with van der Waals surface area (Å²) in [6.45, 7) is 9.84. The molecule has 0 saturated carbocycles. The molecule has 7 nitrogen and oxygen atoms in total. The third-order valence-electron chi connectivity index (χ3n) is 4.59. The van der Waals surface area contributed by atoms with Gasteiger partial charge in [0.15, 0.2) is 0 Å². The number of allylic oxidation sites excluding steroid dienone is 1. The number of methoxy groups -OCH3 is 1. The summed E-state index contributed by atoms with van der Waals surface area (Å²) in [6.07, 6.45) is 3.27.